The Hall–Kier alpha value is -1.62. The van der Waals surface area contributed by atoms with Crippen molar-refractivity contribution in [2.45, 2.75) is 418 Å². The maximum absolute atomic E-state index is 12.3. The Morgan fingerprint density at radius 2 is 0.513 bits per heavy atom. The Morgan fingerprint density at radius 3 is 0.756 bits per heavy atom. The third-order valence-electron chi connectivity index (χ3n) is 16.7. The van der Waals surface area contributed by atoms with Crippen molar-refractivity contribution in [3.05, 3.63) is 24.3 Å². The molecule has 5 heteroatoms. The number of carbonyl (C=O) groups excluding carboxylic acids is 2. The molecule has 0 saturated heterocycles. The SMILES string of the molecule is CCCCCCC/C=C\C/C=C\CCCCCCCCCCCCCC(=O)OC(CO)COC(=O)CCCCCCCCCCCCCCCCCCCCCCCCCCCCCCCCCCCCCCCCCCC. The van der Waals surface area contributed by atoms with E-state index in [1.165, 1.54) is 347 Å². The number of allylic oxidation sites excluding steroid dienone is 4. The number of esters is 2. The van der Waals surface area contributed by atoms with Gasteiger partial charge in [-0.15, -0.1) is 0 Å². The van der Waals surface area contributed by atoms with Crippen LogP contribution in [-0.2, 0) is 19.1 Å². The van der Waals surface area contributed by atoms with E-state index in [0.29, 0.717) is 12.8 Å². The van der Waals surface area contributed by atoms with Crippen LogP contribution in [0.2, 0.25) is 0 Å². The van der Waals surface area contributed by atoms with Crippen LogP contribution in [0.1, 0.15) is 412 Å². The standard InChI is InChI=1S/C73H140O5/c1-3-5-7-9-11-13-15-17-19-21-23-25-27-28-29-30-31-32-33-34-35-36-37-38-39-40-41-42-43-44-46-47-49-51-53-55-57-59-61-63-65-67-72(75)77-70-71(69-74)78-73(76)68-66-64-62-60-58-56-54-52-50-48-45-26-24-22-20-18-16-14-12-10-8-6-4-2/h16,18,22,24,71,74H,3-15,17,19-21,23,25-70H2,1-2H3/b18-16-,24-22-. The van der Waals surface area contributed by atoms with Crippen molar-refractivity contribution in [2.24, 2.45) is 0 Å². The summed E-state index contributed by atoms with van der Waals surface area (Å²) in [4.78, 5) is 24.6. The zero-order valence-corrected chi connectivity index (χ0v) is 53.2. The van der Waals surface area contributed by atoms with E-state index in [1.807, 2.05) is 0 Å². The maximum atomic E-state index is 12.3. The van der Waals surface area contributed by atoms with Crippen molar-refractivity contribution >= 4 is 11.9 Å². The second-order valence-corrected chi connectivity index (χ2v) is 24.7. The van der Waals surface area contributed by atoms with Crippen molar-refractivity contribution in [1.29, 1.82) is 0 Å². The van der Waals surface area contributed by atoms with Crippen molar-refractivity contribution in [3.63, 3.8) is 0 Å². The van der Waals surface area contributed by atoms with Crippen LogP contribution in [-0.4, -0.2) is 36.4 Å². The molecule has 1 atom stereocenters. The topological polar surface area (TPSA) is 72.8 Å². The van der Waals surface area contributed by atoms with E-state index >= 15 is 0 Å². The zero-order chi connectivity index (χ0) is 56.2. The van der Waals surface area contributed by atoms with Gasteiger partial charge in [-0.2, -0.15) is 0 Å². The molecule has 0 aliphatic rings. The summed E-state index contributed by atoms with van der Waals surface area (Å²) in [5.41, 5.74) is 0. The summed E-state index contributed by atoms with van der Waals surface area (Å²) in [6.45, 7) is 4.19. The lowest BCUT2D eigenvalue weighted by Crippen LogP contribution is -2.28. The first kappa shape index (κ1) is 76.4. The molecule has 0 fully saturated rings. The maximum Gasteiger partial charge on any atom is 0.306 e. The molecule has 0 aliphatic carbocycles. The highest BCUT2D eigenvalue weighted by Gasteiger charge is 2.16. The van der Waals surface area contributed by atoms with Crippen LogP contribution >= 0.6 is 0 Å². The summed E-state index contributed by atoms with van der Waals surface area (Å²) >= 11 is 0. The van der Waals surface area contributed by atoms with Gasteiger partial charge in [0.1, 0.15) is 6.61 Å². The summed E-state index contributed by atoms with van der Waals surface area (Å²) in [5.74, 6) is -0.570. The summed E-state index contributed by atoms with van der Waals surface area (Å²) in [7, 11) is 0. The van der Waals surface area contributed by atoms with Gasteiger partial charge < -0.3 is 14.6 Å². The van der Waals surface area contributed by atoms with Gasteiger partial charge in [0.2, 0.25) is 0 Å². The van der Waals surface area contributed by atoms with Gasteiger partial charge in [-0.05, 0) is 44.9 Å². The molecule has 0 amide bonds. The van der Waals surface area contributed by atoms with Gasteiger partial charge >= 0.3 is 11.9 Å². The number of rotatable bonds is 68. The highest BCUT2D eigenvalue weighted by atomic mass is 16.6. The van der Waals surface area contributed by atoms with Crippen molar-refractivity contribution in [3.8, 4) is 0 Å². The Bertz CT molecular complexity index is 1200. The number of hydrogen-bond donors (Lipinski definition) is 1. The van der Waals surface area contributed by atoms with Crippen LogP contribution in [0.5, 0.6) is 0 Å². The normalized spacial score (nSPS) is 12.2. The monoisotopic (exact) mass is 1100 g/mol. The summed E-state index contributed by atoms with van der Waals surface area (Å²) in [5, 5.41) is 9.69. The molecule has 462 valence electrons. The van der Waals surface area contributed by atoms with Crippen LogP contribution in [0.15, 0.2) is 24.3 Å². The molecule has 1 N–H and O–H groups in total. The molecule has 0 radical (unpaired) electrons. The number of carbonyl (C=O) groups is 2. The van der Waals surface area contributed by atoms with E-state index in [0.717, 1.165) is 38.5 Å². The molecule has 0 aromatic carbocycles. The van der Waals surface area contributed by atoms with Crippen LogP contribution in [0, 0.1) is 0 Å². The van der Waals surface area contributed by atoms with E-state index in [4.69, 9.17) is 9.47 Å². The van der Waals surface area contributed by atoms with Gasteiger partial charge in [0, 0.05) is 12.8 Å². The number of ether oxygens (including phenoxy) is 2. The second-order valence-electron chi connectivity index (χ2n) is 24.7. The van der Waals surface area contributed by atoms with Gasteiger partial charge in [0.25, 0.3) is 0 Å². The fourth-order valence-electron chi connectivity index (χ4n) is 11.4. The average molecular weight is 1100 g/mol. The highest BCUT2D eigenvalue weighted by Crippen LogP contribution is 2.19. The minimum absolute atomic E-state index is 0.0604. The number of aliphatic hydroxyl groups is 1. The summed E-state index contributed by atoms with van der Waals surface area (Å²) in [6, 6.07) is 0. The van der Waals surface area contributed by atoms with Gasteiger partial charge in [0.15, 0.2) is 6.10 Å². The molecule has 78 heavy (non-hydrogen) atoms. The van der Waals surface area contributed by atoms with E-state index in [9.17, 15) is 14.7 Å². The Morgan fingerprint density at radius 1 is 0.295 bits per heavy atom. The van der Waals surface area contributed by atoms with E-state index in [2.05, 4.69) is 38.2 Å². The van der Waals surface area contributed by atoms with Gasteiger partial charge in [-0.1, -0.05) is 378 Å². The molecule has 5 nitrogen and oxygen atoms in total. The number of unbranched alkanes of at least 4 members (excludes halogenated alkanes) is 56. The molecular weight excluding hydrogens is 957 g/mol. The van der Waals surface area contributed by atoms with Crippen molar-refractivity contribution in [1.82, 2.24) is 0 Å². The van der Waals surface area contributed by atoms with Crippen LogP contribution in [0.25, 0.3) is 0 Å². The zero-order valence-electron chi connectivity index (χ0n) is 53.2. The molecule has 0 saturated carbocycles. The minimum atomic E-state index is -0.771. The molecule has 0 aromatic rings. The molecule has 0 spiro atoms. The second kappa shape index (κ2) is 69.6. The fourth-order valence-corrected chi connectivity index (χ4v) is 11.4. The van der Waals surface area contributed by atoms with Crippen molar-refractivity contribution < 1.29 is 24.2 Å². The molecule has 0 aromatic heterocycles. The van der Waals surface area contributed by atoms with E-state index in [-0.39, 0.29) is 25.2 Å². The minimum Gasteiger partial charge on any atom is -0.462 e. The van der Waals surface area contributed by atoms with Crippen LogP contribution in [0.4, 0.5) is 0 Å². The van der Waals surface area contributed by atoms with Crippen LogP contribution in [0.3, 0.4) is 0 Å². The fraction of sp³-hybridized carbons (Fsp3) is 0.918. The highest BCUT2D eigenvalue weighted by molar-refractivity contribution is 5.70. The lowest BCUT2D eigenvalue weighted by molar-refractivity contribution is -0.161. The molecule has 0 bridgehead atoms. The predicted octanol–water partition coefficient (Wildman–Crippen LogP) is 24.8. The Kier molecular flexibility index (Phi) is 68.2. The molecule has 1 unspecified atom stereocenters. The van der Waals surface area contributed by atoms with Crippen molar-refractivity contribution in [2.75, 3.05) is 13.2 Å². The third-order valence-corrected chi connectivity index (χ3v) is 16.7. The Labute approximate surface area is 489 Å². The predicted molar refractivity (Wildman–Crippen MR) is 344 cm³/mol. The number of aliphatic hydroxyl groups excluding tert-OH is 1. The summed E-state index contributed by atoms with van der Waals surface area (Å²) < 4.78 is 10.8. The quantitative estimate of drug-likeness (QED) is 0.0373. The first-order valence-corrected chi connectivity index (χ1v) is 35.9. The largest absolute Gasteiger partial charge is 0.462 e. The van der Waals surface area contributed by atoms with E-state index in [1.54, 1.807) is 0 Å². The Balaban J connectivity index is 3.34. The van der Waals surface area contributed by atoms with Gasteiger partial charge in [-0.3, -0.25) is 9.59 Å². The lowest BCUT2D eigenvalue weighted by Gasteiger charge is -2.15. The van der Waals surface area contributed by atoms with Crippen LogP contribution < -0.4 is 0 Å². The average Bonchev–Trinajstić information content (AvgIpc) is 3.44. The lowest BCUT2D eigenvalue weighted by atomic mass is 10.0. The van der Waals surface area contributed by atoms with Gasteiger partial charge in [-0.25, -0.2) is 0 Å². The molecule has 0 aliphatic heterocycles. The third kappa shape index (κ3) is 66.9. The van der Waals surface area contributed by atoms with E-state index < -0.39 is 6.10 Å². The smallest absolute Gasteiger partial charge is 0.306 e. The first-order valence-electron chi connectivity index (χ1n) is 35.9. The number of hydrogen-bond acceptors (Lipinski definition) is 5. The molecule has 0 heterocycles. The molecular formula is C73H140O5. The van der Waals surface area contributed by atoms with Gasteiger partial charge in [0.05, 0.1) is 6.61 Å². The molecule has 0 rings (SSSR count). The first-order chi connectivity index (χ1) is 38.6. The summed E-state index contributed by atoms with van der Waals surface area (Å²) in [6.07, 6.45) is 91.0.